The first-order valence-corrected chi connectivity index (χ1v) is 6.38. The topological polar surface area (TPSA) is 76.4 Å². The molecule has 5 nitrogen and oxygen atoms in total. The number of aliphatic hydroxyl groups is 1. The maximum Gasteiger partial charge on any atom is 0.321 e. The van der Waals surface area contributed by atoms with Crippen molar-refractivity contribution in [2.75, 3.05) is 25.0 Å². The van der Waals surface area contributed by atoms with Gasteiger partial charge in [0.05, 0.1) is 18.2 Å². The molecule has 0 saturated carbocycles. The van der Waals surface area contributed by atoms with Crippen LogP contribution in [0, 0.1) is 11.3 Å². The number of hydrogen-bond donors (Lipinski definition) is 2. The van der Waals surface area contributed by atoms with Crippen LogP contribution in [-0.4, -0.2) is 35.7 Å². The normalized spacial score (nSPS) is 9.74. The van der Waals surface area contributed by atoms with Crippen molar-refractivity contribution < 1.29 is 9.90 Å². The molecular weight excluding hydrogens is 242 g/mol. The molecule has 0 unspecified atom stereocenters. The average Bonchev–Trinajstić information content (AvgIpc) is 2.43. The lowest BCUT2D eigenvalue weighted by molar-refractivity contribution is 0.187. The second-order valence-electron chi connectivity index (χ2n) is 4.19. The molecule has 0 aliphatic carbocycles. The number of amides is 2. The summed E-state index contributed by atoms with van der Waals surface area (Å²) in [6.07, 6.45) is 1.88. The number of benzene rings is 1. The van der Waals surface area contributed by atoms with E-state index in [0.29, 0.717) is 24.3 Å². The average molecular weight is 261 g/mol. The summed E-state index contributed by atoms with van der Waals surface area (Å²) in [5.74, 6) is 0. The number of urea groups is 1. The summed E-state index contributed by atoms with van der Waals surface area (Å²) in [6.45, 7) is 2.91. The first kappa shape index (κ1) is 15.0. The molecule has 0 fully saturated rings. The van der Waals surface area contributed by atoms with Gasteiger partial charge in [0.15, 0.2) is 0 Å². The smallest absolute Gasteiger partial charge is 0.321 e. The summed E-state index contributed by atoms with van der Waals surface area (Å²) in [7, 11) is 0. The zero-order valence-corrected chi connectivity index (χ0v) is 11.1. The molecule has 5 heteroatoms. The Morgan fingerprint density at radius 2 is 2.26 bits per heavy atom. The van der Waals surface area contributed by atoms with Crippen LogP contribution in [-0.2, 0) is 0 Å². The Hall–Kier alpha value is -2.06. The van der Waals surface area contributed by atoms with Crippen molar-refractivity contribution in [3.63, 3.8) is 0 Å². The maximum absolute atomic E-state index is 12.0. The van der Waals surface area contributed by atoms with Crippen LogP contribution in [0.4, 0.5) is 10.5 Å². The highest BCUT2D eigenvalue weighted by molar-refractivity contribution is 5.89. The SMILES string of the molecule is CCCCN(CCO)C(=O)Nc1cccc(C#N)c1. The van der Waals surface area contributed by atoms with Crippen LogP contribution in [0.25, 0.3) is 0 Å². The second kappa shape index (κ2) is 8.11. The molecule has 0 aliphatic heterocycles. The van der Waals surface area contributed by atoms with Gasteiger partial charge in [0.25, 0.3) is 0 Å². The van der Waals surface area contributed by atoms with E-state index < -0.39 is 0 Å². The van der Waals surface area contributed by atoms with E-state index >= 15 is 0 Å². The molecule has 102 valence electrons. The Labute approximate surface area is 113 Å². The van der Waals surface area contributed by atoms with Gasteiger partial charge in [0.2, 0.25) is 0 Å². The predicted octanol–water partition coefficient (Wildman–Crippen LogP) is 2.18. The standard InChI is InChI=1S/C14H19N3O2/c1-2-3-7-17(8-9-18)14(19)16-13-6-4-5-12(10-13)11-15/h4-6,10,18H,2-3,7-9H2,1H3,(H,16,19). The first-order valence-electron chi connectivity index (χ1n) is 6.38. The van der Waals surface area contributed by atoms with E-state index in [1.54, 1.807) is 29.2 Å². The van der Waals surface area contributed by atoms with Gasteiger partial charge in [-0.15, -0.1) is 0 Å². The molecule has 0 heterocycles. The van der Waals surface area contributed by atoms with Gasteiger partial charge in [-0.1, -0.05) is 19.4 Å². The van der Waals surface area contributed by atoms with Crippen molar-refractivity contribution in [1.82, 2.24) is 4.90 Å². The highest BCUT2D eigenvalue weighted by Crippen LogP contribution is 2.11. The molecule has 0 saturated heterocycles. The van der Waals surface area contributed by atoms with Crippen LogP contribution in [0.2, 0.25) is 0 Å². The minimum atomic E-state index is -0.252. The van der Waals surface area contributed by atoms with E-state index in [1.807, 2.05) is 13.0 Å². The Bertz CT molecular complexity index is 454. The van der Waals surface area contributed by atoms with E-state index in [0.717, 1.165) is 12.8 Å². The third-order valence-corrected chi connectivity index (χ3v) is 2.68. The number of carbonyl (C=O) groups excluding carboxylic acids is 1. The van der Waals surface area contributed by atoms with Crippen molar-refractivity contribution in [2.45, 2.75) is 19.8 Å². The Balaban J connectivity index is 2.66. The molecule has 1 rings (SSSR count). The summed E-state index contributed by atoms with van der Waals surface area (Å²) in [4.78, 5) is 13.6. The number of anilines is 1. The lowest BCUT2D eigenvalue weighted by Gasteiger charge is -2.22. The van der Waals surface area contributed by atoms with Gasteiger partial charge in [-0.3, -0.25) is 0 Å². The van der Waals surface area contributed by atoms with E-state index in [-0.39, 0.29) is 12.6 Å². The van der Waals surface area contributed by atoms with E-state index in [2.05, 4.69) is 5.32 Å². The van der Waals surface area contributed by atoms with Crippen LogP contribution in [0.5, 0.6) is 0 Å². The molecule has 2 N–H and O–H groups in total. The summed E-state index contributed by atoms with van der Waals surface area (Å²) in [6, 6.07) is 8.52. The van der Waals surface area contributed by atoms with E-state index in [9.17, 15) is 4.79 Å². The lowest BCUT2D eigenvalue weighted by Crippen LogP contribution is -2.37. The van der Waals surface area contributed by atoms with Crippen LogP contribution in [0.1, 0.15) is 25.3 Å². The van der Waals surface area contributed by atoms with Crippen LogP contribution in [0.15, 0.2) is 24.3 Å². The van der Waals surface area contributed by atoms with Crippen LogP contribution < -0.4 is 5.32 Å². The minimum absolute atomic E-state index is 0.0601. The Morgan fingerprint density at radius 3 is 2.89 bits per heavy atom. The number of unbranched alkanes of at least 4 members (excludes halogenated alkanes) is 1. The molecule has 1 aromatic carbocycles. The summed E-state index contributed by atoms with van der Waals surface area (Å²) in [5.41, 5.74) is 1.09. The molecule has 1 aromatic rings. The van der Waals surface area contributed by atoms with Crippen molar-refractivity contribution in [3.8, 4) is 6.07 Å². The summed E-state index contributed by atoms with van der Waals surface area (Å²) < 4.78 is 0. The van der Waals surface area contributed by atoms with Crippen molar-refractivity contribution in [1.29, 1.82) is 5.26 Å². The Morgan fingerprint density at radius 1 is 1.47 bits per heavy atom. The minimum Gasteiger partial charge on any atom is -0.395 e. The number of rotatable bonds is 6. The monoisotopic (exact) mass is 261 g/mol. The molecular formula is C14H19N3O2. The van der Waals surface area contributed by atoms with Gasteiger partial charge in [0.1, 0.15) is 0 Å². The zero-order valence-electron chi connectivity index (χ0n) is 11.1. The molecule has 0 radical (unpaired) electrons. The molecule has 19 heavy (non-hydrogen) atoms. The maximum atomic E-state index is 12.0. The van der Waals surface area contributed by atoms with E-state index in [4.69, 9.17) is 10.4 Å². The van der Waals surface area contributed by atoms with Crippen LogP contribution in [0.3, 0.4) is 0 Å². The van der Waals surface area contributed by atoms with Gasteiger partial charge in [-0.05, 0) is 24.6 Å². The van der Waals surface area contributed by atoms with E-state index in [1.165, 1.54) is 0 Å². The largest absolute Gasteiger partial charge is 0.395 e. The number of carbonyl (C=O) groups is 1. The van der Waals surface area contributed by atoms with Crippen LogP contribution >= 0.6 is 0 Å². The fourth-order valence-corrected chi connectivity index (χ4v) is 1.65. The van der Waals surface area contributed by atoms with Gasteiger partial charge < -0.3 is 15.3 Å². The number of aliphatic hydroxyl groups excluding tert-OH is 1. The molecule has 0 aliphatic rings. The number of hydrogen-bond acceptors (Lipinski definition) is 3. The van der Waals surface area contributed by atoms with Crippen molar-refractivity contribution in [3.05, 3.63) is 29.8 Å². The number of nitrogens with one attached hydrogen (secondary N) is 1. The molecule has 0 spiro atoms. The molecule has 2 amide bonds. The van der Waals surface area contributed by atoms with Crippen molar-refractivity contribution in [2.24, 2.45) is 0 Å². The third kappa shape index (κ3) is 4.98. The van der Waals surface area contributed by atoms with Gasteiger partial charge in [-0.25, -0.2) is 4.79 Å². The quantitative estimate of drug-likeness (QED) is 0.824. The Kier molecular flexibility index (Phi) is 6.41. The van der Waals surface area contributed by atoms with Gasteiger partial charge in [-0.2, -0.15) is 5.26 Å². The fourth-order valence-electron chi connectivity index (χ4n) is 1.65. The van der Waals surface area contributed by atoms with Gasteiger partial charge in [0, 0.05) is 18.8 Å². The second-order valence-corrected chi connectivity index (χ2v) is 4.19. The highest BCUT2D eigenvalue weighted by Gasteiger charge is 2.12. The highest BCUT2D eigenvalue weighted by atomic mass is 16.3. The van der Waals surface area contributed by atoms with Crippen molar-refractivity contribution >= 4 is 11.7 Å². The molecule has 0 atom stereocenters. The third-order valence-electron chi connectivity index (χ3n) is 2.68. The predicted molar refractivity (Wildman–Crippen MR) is 73.7 cm³/mol. The zero-order chi connectivity index (χ0) is 14.1. The molecule has 0 bridgehead atoms. The summed E-state index contributed by atoms with van der Waals surface area (Å²) >= 11 is 0. The number of nitriles is 1. The fraction of sp³-hybridized carbons (Fsp3) is 0.429. The van der Waals surface area contributed by atoms with Gasteiger partial charge >= 0.3 is 6.03 Å². The summed E-state index contributed by atoms with van der Waals surface area (Å²) in [5, 5.41) is 20.5. The lowest BCUT2D eigenvalue weighted by atomic mass is 10.2. The number of nitrogens with zero attached hydrogens (tertiary/aromatic N) is 2. The molecule has 0 aromatic heterocycles. The first-order chi connectivity index (χ1) is 9.21.